The lowest BCUT2D eigenvalue weighted by Gasteiger charge is -2.26. The van der Waals surface area contributed by atoms with E-state index in [4.69, 9.17) is 23.7 Å². The first-order valence-corrected chi connectivity index (χ1v) is 10.1. The third-order valence-corrected chi connectivity index (χ3v) is 4.25. The molecule has 1 amide bonds. The molecule has 1 saturated heterocycles. The molecule has 1 aromatic rings. The van der Waals surface area contributed by atoms with E-state index in [0.717, 1.165) is 16.7 Å². The van der Waals surface area contributed by atoms with Gasteiger partial charge in [-0.3, -0.25) is 0 Å². The molecule has 0 radical (unpaired) electrons. The van der Waals surface area contributed by atoms with Gasteiger partial charge in [-0.05, 0) is 19.4 Å². The number of ether oxygens (including phenoxy) is 5. The quantitative estimate of drug-likeness (QED) is 0.473. The molecule has 0 aliphatic carbocycles. The minimum atomic E-state index is -1.01. The van der Waals surface area contributed by atoms with Crippen molar-refractivity contribution in [2.75, 3.05) is 33.0 Å². The van der Waals surface area contributed by atoms with Gasteiger partial charge in [-0.2, -0.15) is 0 Å². The van der Waals surface area contributed by atoms with Gasteiger partial charge in [0.25, 0.3) is 0 Å². The molecule has 1 aliphatic rings. The summed E-state index contributed by atoms with van der Waals surface area (Å²) in [5.41, 5.74) is 2.50. The first kappa shape index (κ1) is 24.6. The van der Waals surface area contributed by atoms with Gasteiger partial charge in [-0.1, -0.05) is 54.6 Å². The van der Waals surface area contributed by atoms with Gasteiger partial charge in [0, 0.05) is 0 Å². The fourth-order valence-electron chi connectivity index (χ4n) is 2.67. The topological polar surface area (TPSA) is 92.3 Å². The summed E-state index contributed by atoms with van der Waals surface area (Å²) in [4.78, 5) is 24.6. The second kappa shape index (κ2) is 12.9. The van der Waals surface area contributed by atoms with Crippen LogP contribution in [-0.4, -0.2) is 63.3 Å². The van der Waals surface area contributed by atoms with Crippen molar-refractivity contribution >= 4 is 12.1 Å². The van der Waals surface area contributed by atoms with Crippen LogP contribution in [0, 0.1) is 0 Å². The maximum Gasteiger partial charge on any atom is 0.408 e. The van der Waals surface area contributed by atoms with Gasteiger partial charge in [0.05, 0.1) is 26.4 Å². The van der Waals surface area contributed by atoms with E-state index >= 15 is 0 Å². The minimum Gasteiger partial charge on any atom is -0.461 e. The van der Waals surface area contributed by atoms with Crippen molar-refractivity contribution in [2.24, 2.45) is 0 Å². The number of esters is 1. The number of rotatable bonds is 9. The molecule has 1 heterocycles. The van der Waals surface area contributed by atoms with Crippen LogP contribution in [0.3, 0.4) is 0 Å². The van der Waals surface area contributed by atoms with Crippen LogP contribution in [0.15, 0.2) is 54.6 Å². The summed E-state index contributed by atoms with van der Waals surface area (Å²) in [7, 11) is 0. The Bertz CT molecular complexity index is 750. The highest BCUT2D eigenvalue weighted by molar-refractivity contribution is 5.81. The highest BCUT2D eigenvalue weighted by Gasteiger charge is 2.31. The minimum absolute atomic E-state index is 0.0480. The van der Waals surface area contributed by atoms with E-state index < -0.39 is 30.3 Å². The summed E-state index contributed by atoms with van der Waals surface area (Å²) in [6, 6.07) is 8.22. The first-order chi connectivity index (χ1) is 14.8. The standard InChI is InChI=1S/C23H31NO7/c1-16(2)10-28-20-14-27-13-19(22(25)30-15-21(20)29-11-17(3)4)24-23(26)31-12-18-8-6-5-7-9-18/h5-9,19-21H,1,3,10-15H2,2,4H3,(H,24,26). The first-order valence-electron chi connectivity index (χ1n) is 10.1. The normalized spacial score (nSPS) is 21.7. The van der Waals surface area contributed by atoms with E-state index in [-0.39, 0.29) is 26.4 Å². The van der Waals surface area contributed by atoms with Crippen LogP contribution in [0.2, 0.25) is 0 Å². The molecule has 3 unspecified atom stereocenters. The molecule has 2 rings (SSSR count). The lowest BCUT2D eigenvalue weighted by atomic mass is 10.2. The third kappa shape index (κ3) is 9.33. The number of nitrogens with one attached hydrogen (secondary N) is 1. The Morgan fingerprint density at radius 1 is 1.03 bits per heavy atom. The molecule has 170 valence electrons. The second-order valence-electron chi connectivity index (χ2n) is 7.54. The Morgan fingerprint density at radius 2 is 1.65 bits per heavy atom. The largest absolute Gasteiger partial charge is 0.461 e. The summed E-state index contributed by atoms with van der Waals surface area (Å²) in [6.07, 6.45) is -1.77. The van der Waals surface area contributed by atoms with Crippen LogP contribution in [0.5, 0.6) is 0 Å². The second-order valence-corrected chi connectivity index (χ2v) is 7.54. The predicted molar refractivity (Wildman–Crippen MR) is 114 cm³/mol. The number of benzene rings is 1. The van der Waals surface area contributed by atoms with Gasteiger partial charge in [0.15, 0.2) is 6.04 Å². The molecular weight excluding hydrogens is 402 g/mol. The average molecular weight is 434 g/mol. The van der Waals surface area contributed by atoms with Crippen molar-refractivity contribution in [1.29, 1.82) is 0 Å². The number of alkyl carbamates (subject to hydrolysis) is 1. The number of amides is 1. The van der Waals surface area contributed by atoms with Crippen molar-refractivity contribution < 1.29 is 33.3 Å². The Morgan fingerprint density at radius 3 is 2.26 bits per heavy atom. The van der Waals surface area contributed by atoms with Crippen molar-refractivity contribution in [3.63, 3.8) is 0 Å². The Kier molecular flexibility index (Phi) is 10.2. The lowest BCUT2D eigenvalue weighted by Crippen LogP contribution is -2.45. The summed E-state index contributed by atoms with van der Waals surface area (Å²) >= 11 is 0. The molecule has 3 atom stereocenters. The molecule has 1 aliphatic heterocycles. The maximum atomic E-state index is 12.5. The van der Waals surface area contributed by atoms with Crippen molar-refractivity contribution in [2.45, 2.75) is 38.7 Å². The van der Waals surface area contributed by atoms with Gasteiger partial charge in [-0.15, -0.1) is 0 Å². The molecule has 8 nitrogen and oxygen atoms in total. The van der Waals surface area contributed by atoms with Crippen LogP contribution < -0.4 is 5.32 Å². The molecule has 0 bridgehead atoms. The number of hydrogen-bond acceptors (Lipinski definition) is 7. The van der Waals surface area contributed by atoms with Crippen LogP contribution in [0.1, 0.15) is 19.4 Å². The van der Waals surface area contributed by atoms with Gasteiger partial charge >= 0.3 is 12.1 Å². The fourth-order valence-corrected chi connectivity index (χ4v) is 2.67. The molecule has 0 spiro atoms. The third-order valence-electron chi connectivity index (χ3n) is 4.25. The zero-order chi connectivity index (χ0) is 22.6. The molecule has 1 N–H and O–H groups in total. The average Bonchev–Trinajstić information content (AvgIpc) is 2.80. The number of carbonyl (C=O) groups is 2. The van der Waals surface area contributed by atoms with Gasteiger partial charge < -0.3 is 29.0 Å². The van der Waals surface area contributed by atoms with E-state index in [1.54, 1.807) is 0 Å². The zero-order valence-corrected chi connectivity index (χ0v) is 18.1. The molecule has 31 heavy (non-hydrogen) atoms. The summed E-state index contributed by atoms with van der Waals surface area (Å²) in [6.45, 7) is 12.1. The van der Waals surface area contributed by atoms with Gasteiger partial charge in [0.2, 0.25) is 0 Å². The van der Waals surface area contributed by atoms with E-state index in [2.05, 4.69) is 18.5 Å². The Hall–Kier alpha value is -2.68. The van der Waals surface area contributed by atoms with Crippen LogP contribution in [0.25, 0.3) is 0 Å². The Balaban J connectivity index is 1.94. The predicted octanol–water partition coefficient (Wildman–Crippen LogP) is 2.78. The van der Waals surface area contributed by atoms with E-state index in [9.17, 15) is 9.59 Å². The van der Waals surface area contributed by atoms with Crippen LogP contribution >= 0.6 is 0 Å². The number of carbonyl (C=O) groups excluding carboxylic acids is 2. The highest BCUT2D eigenvalue weighted by Crippen LogP contribution is 2.13. The van der Waals surface area contributed by atoms with Crippen molar-refractivity contribution in [3.8, 4) is 0 Å². The Labute approximate surface area is 183 Å². The van der Waals surface area contributed by atoms with Gasteiger partial charge in [-0.25, -0.2) is 9.59 Å². The fraction of sp³-hybridized carbons (Fsp3) is 0.478. The molecule has 1 fully saturated rings. The number of hydrogen-bond donors (Lipinski definition) is 1. The summed E-state index contributed by atoms with van der Waals surface area (Å²) in [5.74, 6) is -0.638. The lowest BCUT2D eigenvalue weighted by molar-refractivity contribution is -0.153. The zero-order valence-electron chi connectivity index (χ0n) is 18.1. The van der Waals surface area contributed by atoms with E-state index in [1.807, 2.05) is 44.2 Å². The van der Waals surface area contributed by atoms with E-state index in [1.165, 1.54) is 0 Å². The molecule has 8 heteroatoms. The van der Waals surface area contributed by atoms with Crippen molar-refractivity contribution in [3.05, 3.63) is 60.2 Å². The SMILES string of the molecule is C=C(C)COC1COCC(NC(=O)OCc2ccccc2)C(=O)OCC1OCC(=C)C. The van der Waals surface area contributed by atoms with Crippen LogP contribution in [0.4, 0.5) is 4.79 Å². The van der Waals surface area contributed by atoms with Crippen LogP contribution in [-0.2, 0) is 35.1 Å². The summed E-state index contributed by atoms with van der Waals surface area (Å²) < 4.78 is 27.8. The number of cyclic esters (lactones) is 1. The molecular formula is C23H31NO7. The van der Waals surface area contributed by atoms with Gasteiger partial charge in [0.1, 0.15) is 25.4 Å². The maximum absolute atomic E-state index is 12.5. The molecule has 1 aromatic carbocycles. The summed E-state index contributed by atoms with van der Waals surface area (Å²) in [5, 5.41) is 2.49. The molecule has 0 saturated carbocycles. The highest BCUT2D eigenvalue weighted by atomic mass is 16.6. The van der Waals surface area contributed by atoms with Crippen molar-refractivity contribution in [1.82, 2.24) is 5.32 Å². The van der Waals surface area contributed by atoms with E-state index in [0.29, 0.717) is 13.2 Å². The monoisotopic (exact) mass is 433 g/mol. The molecule has 0 aromatic heterocycles. The smallest absolute Gasteiger partial charge is 0.408 e.